The second-order valence-electron chi connectivity index (χ2n) is 5.34. The van der Waals surface area contributed by atoms with Crippen LogP contribution in [0.1, 0.15) is 25.8 Å². The lowest BCUT2D eigenvalue weighted by molar-refractivity contribution is -0.149. The first kappa shape index (κ1) is 16.1. The predicted octanol–water partition coefficient (Wildman–Crippen LogP) is 4.45. The molecule has 2 aromatic rings. The third kappa shape index (κ3) is 4.10. The Balaban J connectivity index is 1.99. The van der Waals surface area contributed by atoms with Crippen LogP contribution >= 0.6 is 0 Å². The molecule has 0 spiro atoms. The largest absolute Gasteiger partial charge is 0.497 e. The third-order valence-corrected chi connectivity index (χ3v) is 3.77. The first-order valence-electron chi connectivity index (χ1n) is 7.54. The van der Waals surface area contributed by atoms with Gasteiger partial charge in [-0.2, -0.15) is 0 Å². The molecule has 0 aliphatic carbocycles. The van der Waals surface area contributed by atoms with Gasteiger partial charge in [-0.25, -0.2) is 0 Å². The first-order valence-corrected chi connectivity index (χ1v) is 7.54. The molecule has 3 nitrogen and oxygen atoms in total. The van der Waals surface area contributed by atoms with E-state index < -0.39 is 0 Å². The average Bonchev–Trinajstić information content (AvgIpc) is 2.59. The quantitative estimate of drug-likeness (QED) is 0.739. The van der Waals surface area contributed by atoms with Crippen molar-refractivity contribution < 1.29 is 14.3 Å². The topological polar surface area (TPSA) is 35.5 Å². The molecule has 0 radical (unpaired) electrons. The first-order chi connectivity index (χ1) is 10.6. The van der Waals surface area contributed by atoms with Gasteiger partial charge in [-0.05, 0) is 35.2 Å². The van der Waals surface area contributed by atoms with Crippen LogP contribution in [0.4, 0.5) is 0 Å². The summed E-state index contributed by atoms with van der Waals surface area (Å²) in [7, 11) is 1.66. The van der Waals surface area contributed by atoms with Crippen LogP contribution in [0.5, 0.6) is 5.75 Å². The zero-order valence-corrected chi connectivity index (χ0v) is 13.3. The Labute approximate surface area is 131 Å². The van der Waals surface area contributed by atoms with Crippen molar-refractivity contribution in [3.63, 3.8) is 0 Å². The van der Waals surface area contributed by atoms with Crippen molar-refractivity contribution in [3.05, 3.63) is 54.1 Å². The molecule has 1 unspecified atom stereocenters. The standard InChI is InChI=1S/C19H22O3/c1-4-14(2)19(20)22-13-15-5-7-16(8-6-15)17-9-11-18(21-3)12-10-17/h5-12,14H,4,13H2,1-3H3. The number of carbonyl (C=O) groups excluding carboxylic acids is 1. The van der Waals surface area contributed by atoms with Crippen LogP contribution < -0.4 is 4.74 Å². The predicted molar refractivity (Wildman–Crippen MR) is 87.7 cm³/mol. The number of hydrogen-bond acceptors (Lipinski definition) is 3. The van der Waals surface area contributed by atoms with Crippen LogP contribution in [0.2, 0.25) is 0 Å². The van der Waals surface area contributed by atoms with E-state index in [2.05, 4.69) is 0 Å². The number of rotatable bonds is 6. The van der Waals surface area contributed by atoms with Crippen molar-refractivity contribution in [1.82, 2.24) is 0 Å². The summed E-state index contributed by atoms with van der Waals surface area (Å²) in [6.45, 7) is 4.19. The molecule has 0 aromatic heterocycles. The third-order valence-electron chi connectivity index (χ3n) is 3.77. The van der Waals surface area contributed by atoms with Crippen LogP contribution in [0.3, 0.4) is 0 Å². The van der Waals surface area contributed by atoms with Gasteiger partial charge in [0.2, 0.25) is 0 Å². The number of hydrogen-bond donors (Lipinski definition) is 0. The molecule has 1 atom stereocenters. The Hall–Kier alpha value is -2.29. The summed E-state index contributed by atoms with van der Waals surface area (Å²) in [5.41, 5.74) is 3.25. The minimum atomic E-state index is -0.137. The molecular weight excluding hydrogens is 276 g/mol. The van der Waals surface area contributed by atoms with Crippen molar-refractivity contribution in [2.45, 2.75) is 26.9 Å². The maximum Gasteiger partial charge on any atom is 0.308 e. The van der Waals surface area contributed by atoms with E-state index >= 15 is 0 Å². The van der Waals surface area contributed by atoms with Crippen LogP contribution in [0.25, 0.3) is 11.1 Å². The maximum atomic E-state index is 11.7. The van der Waals surface area contributed by atoms with Crippen LogP contribution in [-0.4, -0.2) is 13.1 Å². The number of esters is 1. The van der Waals surface area contributed by atoms with Gasteiger partial charge in [0.1, 0.15) is 12.4 Å². The summed E-state index contributed by atoms with van der Waals surface area (Å²) < 4.78 is 10.5. The molecule has 0 aliphatic rings. The summed E-state index contributed by atoms with van der Waals surface area (Å²) in [6.07, 6.45) is 0.801. The van der Waals surface area contributed by atoms with Gasteiger partial charge in [0.15, 0.2) is 0 Å². The lowest BCUT2D eigenvalue weighted by atomic mass is 10.0. The van der Waals surface area contributed by atoms with Crippen molar-refractivity contribution in [2.75, 3.05) is 7.11 Å². The Bertz CT molecular complexity index is 600. The molecule has 22 heavy (non-hydrogen) atoms. The molecule has 0 heterocycles. The summed E-state index contributed by atoms with van der Waals surface area (Å²) in [6, 6.07) is 16.0. The van der Waals surface area contributed by atoms with Crippen LogP contribution in [-0.2, 0) is 16.1 Å². The number of benzene rings is 2. The van der Waals surface area contributed by atoms with E-state index in [0.29, 0.717) is 6.61 Å². The van der Waals surface area contributed by atoms with E-state index in [1.54, 1.807) is 7.11 Å². The molecule has 0 aliphatic heterocycles. The Morgan fingerprint density at radius 1 is 1.00 bits per heavy atom. The van der Waals surface area contributed by atoms with E-state index in [1.165, 1.54) is 0 Å². The maximum absolute atomic E-state index is 11.7. The van der Waals surface area contributed by atoms with Crippen molar-refractivity contribution in [3.8, 4) is 16.9 Å². The SMILES string of the molecule is CCC(C)C(=O)OCc1ccc(-c2ccc(OC)cc2)cc1. The zero-order valence-electron chi connectivity index (χ0n) is 13.3. The number of ether oxygens (including phenoxy) is 2. The van der Waals surface area contributed by atoms with E-state index in [0.717, 1.165) is 28.9 Å². The normalized spacial score (nSPS) is 11.8. The van der Waals surface area contributed by atoms with Crippen molar-refractivity contribution >= 4 is 5.97 Å². The molecule has 2 aromatic carbocycles. The molecule has 0 saturated carbocycles. The molecule has 2 rings (SSSR count). The minimum absolute atomic E-state index is 0.0430. The van der Waals surface area contributed by atoms with Gasteiger partial charge in [0.05, 0.1) is 13.0 Å². The van der Waals surface area contributed by atoms with Crippen LogP contribution in [0, 0.1) is 5.92 Å². The molecule has 0 N–H and O–H groups in total. The highest BCUT2D eigenvalue weighted by Crippen LogP contribution is 2.23. The Kier molecular flexibility index (Phi) is 5.59. The van der Waals surface area contributed by atoms with Gasteiger partial charge in [-0.15, -0.1) is 0 Å². The molecule has 0 bridgehead atoms. The summed E-state index contributed by atoms with van der Waals surface area (Å²) in [5, 5.41) is 0. The average molecular weight is 298 g/mol. The highest BCUT2D eigenvalue weighted by Gasteiger charge is 2.11. The van der Waals surface area contributed by atoms with E-state index in [1.807, 2.05) is 62.4 Å². The lowest BCUT2D eigenvalue weighted by Crippen LogP contribution is -2.13. The second-order valence-corrected chi connectivity index (χ2v) is 5.34. The van der Waals surface area contributed by atoms with E-state index in [9.17, 15) is 4.79 Å². The Morgan fingerprint density at radius 3 is 2.05 bits per heavy atom. The molecule has 3 heteroatoms. The fourth-order valence-electron chi connectivity index (χ4n) is 2.04. The molecule has 116 valence electrons. The van der Waals surface area contributed by atoms with E-state index in [4.69, 9.17) is 9.47 Å². The molecule has 0 amide bonds. The number of methoxy groups -OCH3 is 1. The lowest BCUT2D eigenvalue weighted by Gasteiger charge is -2.10. The van der Waals surface area contributed by atoms with Gasteiger partial charge in [-0.3, -0.25) is 4.79 Å². The fraction of sp³-hybridized carbons (Fsp3) is 0.316. The second kappa shape index (κ2) is 7.64. The van der Waals surface area contributed by atoms with Gasteiger partial charge >= 0.3 is 5.97 Å². The monoisotopic (exact) mass is 298 g/mol. The van der Waals surface area contributed by atoms with E-state index in [-0.39, 0.29) is 11.9 Å². The Morgan fingerprint density at radius 2 is 1.55 bits per heavy atom. The van der Waals surface area contributed by atoms with Gasteiger partial charge in [0.25, 0.3) is 0 Å². The minimum Gasteiger partial charge on any atom is -0.497 e. The molecular formula is C19H22O3. The highest BCUT2D eigenvalue weighted by atomic mass is 16.5. The van der Waals surface area contributed by atoms with Crippen molar-refractivity contribution in [2.24, 2.45) is 5.92 Å². The van der Waals surface area contributed by atoms with Crippen LogP contribution in [0.15, 0.2) is 48.5 Å². The smallest absolute Gasteiger partial charge is 0.308 e. The molecule has 0 saturated heterocycles. The van der Waals surface area contributed by atoms with Gasteiger partial charge < -0.3 is 9.47 Å². The summed E-state index contributed by atoms with van der Waals surface area (Å²) in [4.78, 5) is 11.7. The van der Waals surface area contributed by atoms with Gasteiger partial charge in [0, 0.05) is 0 Å². The summed E-state index contributed by atoms with van der Waals surface area (Å²) >= 11 is 0. The zero-order chi connectivity index (χ0) is 15.9. The molecule has 0 fully saturated rings. The van der Waals surface area contributed by atoms with Gasteiger partial charge in [-0.1, -0.05) is 50.2 Å². The van der Waals surface area contributed by atoms with Crippen molar-refractivity contribution in [1.29, 1.82) is 0 Å². The fourth-order valence-corrected chi connectivity index (χ4v) is 2.04. The number of carbonyl (C=O) groups is 1. The highest BCUT2D eigenvalue weighted by molar-refractivity contribution is 5.72. The summed E-state index contributed by atoms with van der Waals surface area (Å²) in [5.74, 6) is 0.664.